The molecule has 166 valence electrons. The summed E-state index contributed by atoms with van der Waals surface area (Å²) in [5, 5.41) is 18.8. The van der Waals surface area contributed by atoms with Crippen LogP contribution < -0.4 is 10.5 Å². The lowest BCUT2D eigenvalue weighted by Crippen LogP contribution is -2.12. The molecule has 1 aromatic heterocycles. The van der Waals surface area contributed by atoms with E-state index >= 15 is 0 Å². The summed E-state index contributed by atoms with van der Waals surface area (Å²) in [6.07, 6.45) is 0.963. The third-order valence-electron chi connectivity index (χ3n) is 4.73. The molecule has 0 bridgehead atoms. The average Bonchev–Trinajstić information content (AvgIpc) is 2.77. The third kappa shape index (κ3) is 5.65. The van der Waals surface area contributed by atoms with Crippen LogP contribution in [0.4, 0.5) is 11.5 Å². The van der Waals surface area contributed by atoms with Crippen molar-refractivity contribution in [1.82, 2.24) is 9.97 Å². The summed E-state index contributed by atoms with van der Waals surface area (Å²) in [4.78, 5) is 9.23. The molecule has 0 amide bonds. The van der Waals surface area contributed by atoms with Crippen LogP contribution in [0, 0.1) is 11.3 Å². The van der Waals surface area contributed by atoms with Crippen molar-refractivity contribution in [2.75, 3.05) is 11.1 Å². The monoisotopic (exact) mass is 467 g/mol. The molecule has 0 atom stereocenters. The first-order chi connectivity index (χ1) is 15.2. The number of hydrogen-bond donors (Lipinski definition) is 2. The van der Waals surface area contributed by atoms with Crippen LogP contribution in [-0.4, -0.2) is 24.1 Å². The van der Waals surface area contributed by atoms with Crippen molar-refractivity contribution in [1.29, 1.82) is 5.26 Å². The quantitative estimate of drug-likeness (QED) is 0.352. The lowest BCUT2D eigenvalue weighted by molar-refractivity contribution is 0.598. The summed E-state index contributed by atoms with van der Waals surface area (Å²) < 4.78 is 23.0. The van der Waals surface area contributed by atoms with E-state index in [1.165, 1.54) is 29.5 Å². The Kier molecular flexibility index (Phi) is 7.51. The van der Waals surface area contributed by atoms with Crippen LogP contribution in [0.1, 0.15) is 44.2 Å². The molecule has 3 aromatic rings. The summed E-state index contributed by atoms with van der Waals surface area (Å²) in [5.41, 5.74) is 3.49. The zero-order chi connectivity index (χ0) is 23.3. The van der Waals surface area contributed by atoms with Gasteiger partial charge in [-0.1, -0.05) is 56.8 Å². The standard InChI is InChI=1S/C23H25N5O2S2/c1-4-13-31-23-27-21(17-7-5-16(6-8-17)15(2)3)20(14-24)22(28-23)26-18-9-11-19(12-10-18)32(25,29)30/h5-12,15H,4,13H2,1-3H3,(H2,25,29,30)(H,26,27,28). The fourth-order valence-corrected chi connectivity index (χ4v) is 4.21. The Bertz CT molecular complexity index is 1230. The first-order valence-electron chi connectivity index (χ1n) is 10.2. The number of nitrogens with one attached hydrogen (secondary N) is 1. The minimum Gasteiger partial charge on any atom is -0.339 e. The van der Waals surface area contributed by atoms with Gasteiger partial charge < -0.3 is 5.32 Å². The van der Waals surface area contributed by atoms with Gasteiger partial charge in [-0.05, 0) is 42.2 Å². The molecule has 3 N–H and O–H groups in total. The third-order valence-corrected chi connectivity index (χ3v) is 6.71. The second kappa shape index (κ2) is 10.1. The molecule has 1 heterocycles. The van der Waals surface area contributed by atoms with Crippen molar-refractivity contribution in [2.45, 2.75) is 43.2 Å². The first-order valence-corrected chi connectivity index (χ1v) is 12.7. The maximum atomic E-state index is 11.5. The van der Waals surface area contributed by atoms with Gasteiger partial charge in [0.25, 0.3) is 0 Å². The fourth-order valence-electron chi connectivity index (χ4n) is 2.99. The average molecular weight is 468 g/mol. The highest BCUT2D eigenvalue weighted by atomic mass is 32.2. The Morgan fingerprint density at radius 3 is 2.28 bits per heavy atom. The molecule has 9 heteroatoms. The summed E-state index contributed by atoms with van der Waals surface area (Å²) in [6, 6.07) is 16.2. The Morgan fingerprint density at radius 2 is 1.75 bits per heavy atom. The van der Waals surface area contributed by atoms with E-state index in [4.69, 9.17) is 5.14 Å². The molecule has 0 aliphatic heterocycles. The number of aromatic nitrogens is 2. The van der Waals surface area contributed by atoms with Gasteiger partial charge in [0.05, 0.1) is 10.6 Å². The number of hydrogen-bond acceptors (Lipinski definition) is 7. The van der Waals surface area contributed by atoms with E-state index in [0.29, 0.717) is 33.8 Å². The predicted molar refractivity (Wildman–Crippen MR) is 128 cm³/mol. The molecule has 0 aliphatic carbocycles. The summed E-state index contributed by atoms with van der Waals surface area (Å²) in [7, 11) is -3.78. The molecule has 0 fully saturated rings. The second-order valence-corrected chi connectivity index (χ2v) is 10.1. The van der Waals surface area contributed by atoms with Gasteiger partial charge in [-0.3, -0.25) is 0 Å². The van der Waals surface area contributed by atoms with E-state index in [2.05, 4.69) is 42.1 Å². The Labute approximate surface area is 193 Å². The second-order valence-electron chi connectivity index (χ2n) is 7.51. The predicted octanol–water partition coefficient (Wildman–Crippen LogP) is 5.03. The minimum atomic E-state index is -3.78. The number of benzene rings is 2. The van der Waals surface area contributed by atoms with E-state index < -0.39 is 10.0 Å². The largest absolute Gasteiger partial charge is 0.339 e. The molecular formula is C23H25N5O2S2. The van der Waals surface area contributed by atoms with Gasteiger partial charge in [0.1, 0.15) is 11.6 Å². The van der Waals surface area contributed by atoms with Crippen LogP contribution >= 0.6 is 11.8 Å². The van der Waals surface area contributed by atoms with Crippen LogP contribution in [-0.2, 0) is 10.0 Å². The Morgan fingerprint density at radius 1 is 1.09 bits per heavy atom. The van der Waals surface area contributed by atoms with Gasteiger partial charge in [-0.2, -0.15) is 5.26 Å². The number of anilines is 2. The molecule has 7 nitrogen and oxygen atoms in total. The number of nitrogens with two attached hydrogens (primary N) is 1. The number of nitriles is 1. The van der Waals surface area contributed by atoms with Gasteiger partial charge in [0, 0.05) is 17.0 Å². The van der Waals surface area contributed by atoms with Crippen molar-refractivity contribution in [2.24, 2.45) is 5.14 Å². The molecule has 0 saturated heterocycles. The number of thioether (sulfide) groups is 1. The molecule has 0 saturated carbocycles. The highest BCUT2D eigenvalue weighted by Crippen LogP contribution is 2.31. The van der Waals surface area contributed by atoms with E-state index in [9.17, 15) is 13.7 Å². The molecule has 0 spiro atoms. The Balaban J connectivity index is 2.06. The molecule has 0 unspecified atom stereocenters. The van der Waals surface area contributed by atoms with E-state index in [-0.39, 0.29) is 4.90 Å². The fraction of sp³-hybridized carbons (Fsp3) is 0.261. The summed E-state index contributed by atoms with van der Waals surface area (Å²) in [6.45, 7) is 6.33. The van der Waals surface area contributed by atoms with Gasteiger partial charge in [0.15, 0.2) is 11.0 Å². The van der Waals surface area contributed by atoms with Crippen LogP contribution in [0.5, 0.6) is 0 Å². The van der Waals surface area contributed by atoms with Crippen molar-refractivity contribution < 1.29 is 8.42 Å². The van der Waals surface area contributed by atoms with Crippen molar-refractivity contribution in [3.63, 3.8) is 0 Å². The smallest absolute Gasteiger partial charge is 0.238 e. The topological polar surface area (TPSA) is 122 Å². The SMILES string of the molecule is CCCSc1nc(Nc2ccc(S(N)(=O)=O)cc2)c(C#N)c(-c2ccc(C(C)C)cc2)n1. The van der Waals surface area contributed by atoms with Crippen LogP contribution in [0.25, 0.3) is 11.3 Å². The van der Waals surface area contributed by atoms with E-state index in [1.807, 2.05) is 24.3 Å². The van der Waals surface area contributed by atoms with Gasteiger partial charge in [0.2, 0.25) is 10.0 Å². The van der Waals surface area contributed by atoms with Crippen molar-refractivity contribution >= 4 is 33.3 Å². The maximum Gasteiger partial charge on any atom is 0.238 e. The van der Waals surface area contributed by atoms with E-state index in [0.717, 1.165) is 17.7 Å². The number of primary sulfonamides is 1. The van der Waals surface area contributed by atoms with Crippen molar-refractivity contribution in [3.05, 3.63) is 59.7 Å². The van der Waals surface area contributed by atoms with Gasteiger partial charge >= 0.3 is 0 Å². The molecule has 32 heavy (non-hydrogen) atoms. The highest BCUT2D eigenvalue weighted by Gasteiger charge is 2.17. The van der Waals surface area contributed by atoms with Crippen LogP contribution in [0.2, 0.25) is 0 Å². The zero-order valence-electron chi connectivity index (χ0n) is 18.2. The van der Waals surface area contributed by atoms with Crippen LogP contribution in [0.3, 0.4) is 0 Å². The first kappa shape index (κ1) is 23.7. The molecule has 0 aliphatic rings. The molecule has 0 radical (unpaired) electrons. The van der Waals surface area contributed by atoms with Gasteiger partial charge in [-0.25, -0.2) is 23.5 Å². The van der Waals surface area contributed by atoms with E-state index in [1.54, 1.807) is 12.1 Å². The minimum absolute atomic E-state index is 0.0105. The number of sulfonamides is 1. The van der Waals surface area contributed by atoms with Gasteiger partial charge in [-0.15, -0.1) is 0 Å². The Hall–Kier alpha value is -2.93. The molecule has 2 aromatic carbocycles. The lowest BCUT2D eigenvalue weighted by Gasteiger charge is -2.14. The lowest BCUT2D eigenvalue weighted by atomic mass is 9.99. The molecule has 3 rings (SSSR count). The summed E-state index contributed by atoms with van der Waals surface area (Å²) in [5.74, 6) is 1.62. The number of rotatable bonds is 8. The number of nitrogens with zero attached hydrogens (tertiary/aromatic N) is 3. The normalized spacial score (nSPS) is 11.4. The zero-order valence-corrected chi connectivity index (χ0v) is 19.8. The van der Waals surface area contributed by atoms with Crippen LogP contribution in [0.15, 0.2) is 58.6 Å². The highest BCUT2D eigenvalue weighted by molar-refractivity contribution is 7.99. The maximum absolute atomic E-state index is 11.5. The summed E-state index contributed by atoms with van der Waals surface area (Å²) >= 11 is 1.52. The molecular weight excluding hydrogens is 442 g/mol. The van der Waals surface area contributed by atoms with Crippen molar-refractivity contribution in [3.8, 4) is 17.3 Å².